The fraction of sp³-hybridized carbons (Fsp3) is 0.429. The van der Waals surface area contributed by atoms with Crippen LogP contribution in [0.25, 0.3) is 0 Å². The first-order valence-corrected chi connectivity index (χ1v) is 11.2. The molecular formula is C21H27ClN2S2. The van der Waals surface area contributed by atoms with Crippen LogP contribution >= 0.6 is 35.9 Å². The molecule has 0 spiro atoms. The predicted octanol–water partition coefficient (Wildman–Crippen LogP) is 6.31. The number of thioether (sulfide) groups is 1. The molecule has 140 valence electrons. The summed E-state index contributed by atoms with van der Waals surface area (Å²) in [7, 11) is 2.30. The van der Waals surface area contributed by atoms with E-state index in [1.165, 1.54) is 58.3 Å². The van der Waals surface area contributed by atoms with Gasteiger partial charge in [0.05, 0.1) is 11.4 Å². The molecule has 26 heavy (non-hydrogen) atoms. The summed E-state index contributed by atoms with van der Waals surface area (Å²) in [6.45, 7) is 2.35. The van der Waals surface area contributed by atoms with E-state index in [-0.39, 0.29) is 12.4 Å². The number of anilines is 2. The molecule has 2 aliphatic heterocycles. The van der Waals surface area contributed by atoms with E-state index in [4.69, 9.17) is 0 Å². The van der Waals surface area contributed by atoms with Gasteiger partial charge in [-0.2, -0.15) is 0 Å². The third kappa shape index (κ3) is 4.04. The van der Waals surface area contributed by atoms with Gasteiger partial charge in [-0.3, -0.25) is 0 Å². The van der Waals surface area contributed by atoms with Crippen LogP contribution in [0.2, 0.25) is 0 Å². The monoisotopic (exact) mass is 406 g/mol. The first-order chi connectivity index (χ1) is 12.3. The van der Waals surface area contributed by atoms with E-state index in [0.717, 1.165) is 12.6 Å². The normalized spacial score (nSPS) is 19.5. The third-order valence-corrected chi connectivity index (χ3v) is 7.30. The van der Waals surface area contributed by atoms with E-state index in [2.05, 4.69) is 65.6 Å². The summed E-state index contributed by atoms with van der Waals surface area (Å²) in [5.74, 6) is 0. The van der Waals surface area contributed by atoms with E-state index in [1.807, 2.05) is 23.5 Å². The number of hydrogen-bond donors (Lipinski definition) is 0. The maximum atomic E-state index is 2.56. The van der Waals surface area contributed by atoms with Crippen LogP contribution in [0, 0.1) is 0 Å². The Bertz CT molecular complexity index is 753. The molecule has 5 heteroatoms. The van der Waals surface area contributed by atoms with E-state index in [1.54, 1.807) is 0 Å². The molecular weight excluding hydrogens is 380 g/mol. The fourth-order valence-corrected chi connectivity index (χ4v) is 5.47. The minimum absolute atomic E-state index is 0. The van der Waals surface area contributed by atoms with Gasteiger partial charge in [-0.15, -0.1) is 24.2 Å². The molecule has 0 radical (unpaired) electrons. The van der Waals surface area contributed by atoms with Crippen molar-refractivity contribution in [3.8, 4) is 0 Å². The van der Waals surface area contributed by atoms with E-state index in [0.29, 0.717) is 0 Å². The van der Waals surface area contributed by atoms with Gasteiger partial charge in [0.15, 0.2) is 0 Å². The first-order valence-electron chi connectivity index (χ1n) is 9.19. The number of nitrogens with zero attached hydrogens (tertiary/aromatic N) is 2. The molecule has 0 saturated carbocycles. The number of piperidine rings is 1. The molecule has 2 aliphatic rings. The highest BCUT2D eigenvalue weighted by molar-refractivity contribution is 8.00. The van der Waals surface area contributed by atoms with Crippen LogP contribution in [0.1, 0.15) is 25.7 Å². The molecule has 4 rings (SSSR count). The van der Waals surface area contributed by atoms with E-state index in [9.17, 15) is 0 Å². The quantitative estimate of drug-likeness (QED) is 0.548. The third-order valence-electron chi connectivity index (χ3n) is 5.44. The van der Waals surface area contributed by atoms with Crippen molar-refractivity contribution in [2.75, 3.05) is 31.3 Å². The maximum Gasteiger partial charge on any atom is 0.0564 e. The van der Waals surface area contributed by atoms with Crippen molar-refractivity contribution in [1.82, 2.24) is 4.90 Å². The molecule has 1 atom stereocenters. The second-order valence-corrected chi connectivity index (χ2v) is 8.94. The average Bonchev–Trinajstić information content (AvgIpc) is 2.66. The zero-order valence-corrected chi connectivity index (χ0v) is 17.9. The molecule has 2 heterocycles. The molecule has 2 aromatic rings. The van der Waals surface area contributed by atoms with Gasteiger partial charge in [0, 0.05) is 27.3 Å². The molecule has 0 bridgehead atoms. The molecule has 2 nitrogen and oxygen atoms in total. The van der Waals surface area contributed by atoms with Crippen LogP contribution in [0.5, 0.6) is 0 Å². The van der Waals surface area contributed by atoms with Gasteiger partial charge in [-0.1, -0.05) is 30.3 Å². The van der Waals surface area contributed by atoms with Crippen molar-refractivity contribution in [3.05, 3.63) is 42.5 Å². The standard InChI is InChI=1S/C21H26N2S2.ClH/c1-22-13-6-5-7-16(22)12-14-23-18-8-3-4-9-20(18)25-21-11-10-17(24-2)15-19(21)23;/h3-4,8-11,15-16H,5-7,12-14H2,1-2H3;1H/t16-;/m0./s1. The minimum Gasteiger partial charge on any atom is -0.340 e. The van der Waals surface area contributed by atoms with Crippen molar-refractivity contribution in [3.63, 3.8) is 0 Å². The van der Waals surface area contributed by atoms with E-state index >= 15 is 0 Å². The molecule has 0 aromatic heterocycles. The van der Waals surface area contributed by atoms with Crippen molar-refractivity contribution in [2.24, 2.45) is 0 Å². The van der Waals surface area contributed by atoms with Crippen LogP contribution < -0.4 is 4.90 Å². The molecule has 2 aromatic carbocycles. The van der Waals surface area contributed by atoms with Crippen LogP contribution in [-0.2, 0) is 0 Å². The number of halogens is 1. The lowest BCUT2D eigenvalue weighted by atomic mass is 9.99. The highest BCUT2D eigenvalue weighted by Gasteiger charge is 2.25. The molecule has 1 saturated heterocycles. The zero-order chi connectivity index (χ0) is 17.2. The number of likely N-dealkylation sites (tertiary alicyclic amines) is 1. The molecule has 0 N–H and O–H groups in total. The molecule has 1 fully saturated rings. The summed E-state index contributed by atoms with van der Waals surface area (Å²) in [6.07, 6.45) is 7.48. The van der Waals surface area contributed by atoms with Crippen LogP contribution in [-0.4, -0.2) is 37.3 Å². The highest BCUT2D eigenvalue weighted by Crippen LogP contribution is 2.49. The SMILES string of the molecule is CSc1ccc2c(c1)N(CC[C@@H]1CCCCN1C)c1ccccc1S2.Cl. The molecule has 0 aliphatic carbocycles. The lowest BCUT2D eigenvalue weighted by molar-refractivity contribution is 0.178. The van der Waals surface area contributed by atoms with Gasteiger partial charge in [-0.05, 0) is 69.4 Å². The smallest absolute Gasteiger partial charge is 0.0564 e. The average molecular weight is 407 g/mol. The Morgan fingerprint density at radius 2 is 1.88 bits per heavy atom. The summed E-state index contributed by atoms with van der Waals surface area (Å²) >= 11 is 3.73. The Labute approximate surface area is 172 Å². The van der Waals surface area contributed by atoms with Gasteiger partial charge in [-0.25, -0.2) is 0 Å². The van der Waals surface area contributed by atoms with Gasteiger partial charge < -0.3 is 9.80 Å². The van der Waals surface area contributed by atoms with Crippen LogP contribution in [0.4, 0.5) is 11.4 Å². The van der Waals surface area contributed by atoms with Gasteiger partial charge >= 0.3 is 0 Å². The highest BCUT2D eigenvalue weighted by atomic mass is 35.5. The lowest BCUT2D eigenvalue weighted by Gasteiger charge is -2.37. The Morgan fingerprint density at radius 1 is 1.08 bits per heavy atom. The van der Waals surface area contributed by atoms with Crippen molar-refractivity contribution >= 4 is 47.3 Å². The lowest BCUT2D eigenvalue weighted by Crippen LogP contribution is -2.38. The molecule has 0 unspecified atom stereocenters. The van der Waals surface area contributed by atoms with Gasteiger partial charge in [0.2, 0.25) is 0 Å². The van der Waals surface area contributed by atoms with Crippen LogP contribution in [0.3, 0.4) is 0 Å². The van der Waals surface area contributed by atoms with Crippen LogP contribution in [0.15, 0.2) is 57.2 Å². The second-order valence-electron chi connectivity index (χ2n) is 6.97. The van der Waals surface area contributed by atoms with Crippen molar-refractivity contribution in [1.29, 1.82) is 0 Å². The Kier molecular flexibility index (Phi) is 6.84. The Morgan fingerprint density at radius 3 is 2.69 bits per heavy atom. The Balaban J connectivity index is 0.00000196. The first kappa shape index (κ1) is 19.9. The minimum atomic E-state index is 0. The number of rotatable bonds is 4. The molecule has 0 amide bonds. The van der Waals surface area contributed by atoms with Gasteiger partial charge in [0.1, 0.15) is 0 Å². The fourth-order valence-electron chi connectivity index (χ4n) is 3.96. The summed E-state index contributed by atoms with van der Waals surface area (Å²) < 4.78 is 0. The second kappa shape index (κ2) is 8.92. The largest absolute Gasteiger partial charge is 0.340 e. The number of para-hydroxylation sites is 1. The van der Waals surface area contributed by atoms with Crippen molar-refractivity contribution < 1.29 is 0 Å². The number of hydrogen-bond acceptors (Lipinski definition) is 4. The maximum absolute atomic E-state index is 2.56. The zero-order valence-electron chi connectivity index (χ0n) is 15.5. The summed E-state index contributed by atoms with van der Waals surface area (Å²) in [5, 5.41) is 0. The number of benzene rings is 2. The van der Waals surface area contributed by atoms with Gasteiger partial charge in [0.25, 0.3) is 0 Å². The topological polar surface area (TPSA) is 6.48 Å². The predicted molar refractivity (Wildman–Crippen MR) is 118 cm³/mol. The Hall–Kier alpha value is -0.810. The summed E-state index contributed by atoms with van der Waals surface area (Å²) in [4.78, 5) is 9.23. The number of fused-ring (bicyclic) bond motifs is 2. The summed E-state index contributed by atoms with van der Waals surface area (Å²) in [6, 6.07) is 16.5. The van der Waals surface area contributed by atoms with Crippen molar-refractivity contribution in [2.45, 2.75) is 46.4 Å². The van der Waals surface area contributed by atoms with E-state index < -0.39 is 0 Å². The summed E-state index contributed by atoms with van der Waals surface area (Å²) in [5.41, 5.74) is 2.76.